The van der Waals surface area contributed by atoms with E-state index >= 15 is 0 Å². The fraction of sp³-hybridized carbons (Fsp3) is 0.500. The van der Waals surface area contributed by atoms with E-state index in [9.17, 15) is 0 Å². The number of fused-ring (bicyclic) bond motifs is 1. The maximum absolute atomic E-state index is 5.87. The van der Waals surface area contributed by atoms with Crippen molar-refractivity contribution in [1.29, 1.82) is 0 Å². The molecule has 1 aliphatic heterocycles. The van der Waals surface area contributed by atoms with Crippen molar-refractivity contribution in [1.82, 2.24) is 25.1 Å². The first-order chi connectivity index (χ1) is 8.77. The average Bonchev–Trinajstić information content (AvgIpc) is 2.56. The molecule has 3 N–H and O–H groups in total. The fourth-order valence-electron chi connectivity index (χ4n) is 2.06. The van der Waals surface area contributed by atoms with Gasteiger partial charge in [0.25, 0.3) is 0 Å². The molecule has 0 aromatic carbocycles. The number of hydrogen-bond acceptors (Lipinski definition) is 6. The van der Waals surface area contributed by atoms with E-state index in [4.69, 9.17) is 10.5 Å². The Hall–Kier alpha value is -1.00. The van der Waals surface area contributed by atoms with Crippen molar-refractivity contribution in [2.75, 3.05) is 32.0 Å². The van der Waals surface area contributed by atoms with Crippen LogP contribution in [-0.2, 0) is 4.74 Å². The minimum Gasteiger partial charge on any atom is -0.383 e. The summed E-state index contributed by atoms with van der Waals surface area (Å²) < 4.78 is 8.26. The Morgan fingerprint density at radius 1 is 1.50 bits per heavy atom. The third-order valence-corrected chi connectivity index (χ3v) is 3.69. The summed E-state index contributed by atoms with van der Waals surface area (Å²) in [4.78, 5) is 8.30. The second kappa shape index (κ2) is 4.94. The van der Waals surface area contributed by atoms with Crippen LogP contribution < -0.4 is 11.1 Å². The monoisotopic (exact) mass is 360 g/mol. The van der Waals surface area contributed by atoms with Gasteiger partial charge in [0.05, 0.1) is 24.6 Å². The van der Waals surface area contributed by atoms with Crippen molar-refractivity contribution in [3.63, 3.8) is 0 Å². The summed E-state index contributed by atoms with van der Waals surface area (Å²) in [7, 11) is 0. The molecule has 0 saturated carbocycles. The van der Waals surface area contributed by atoms with Gasteiger partial charge in [-0.1, -0.05) is 0 Å². The van der Waals surface area contributed by atoms with Crippen LogP contribution in [0.5, 0.6) is 0 Å². The number of aromatic nitrogens is 4. The lowest BCUT2D eigenvalue weighted by Crippen LogP contribution is -2.26. The van der Waals surface area contributed by atoms with Gasteiger partial charge in [-0.25, -0.2) is 14.6 Å². The Bertz CT molecular complexity index is 563. The number of nitrogen functional groups attached to an aromatic ring is 1. The second-order valence-corrected chi connectivity index (χ2v) is 5.15. The highest BCUT2D eigenvalue weighted by Crippen LogP contribution is 2.25. The molecule has 0 spiro atoms. The molecule has 96 valence electrons. The van der Waals surface area contributed by atoms with Crippen LogP contribution in [0.3, 0.4) is 0 Å². The average molecular weight is 360 g/mol. The number of nitrogens with zero attached hydrogens (tertiary/aromatic N) is 4. The summed E-state index contributed by atoms with van der Waals surface area (Å²) >= 11 is 2.16. The summed E-state index contributed by atoms with van der Waals surface area (Å²) in [5, 5.41) is 8.66. The number of ether oxygens (including phenoxy) is 1. The number of hydrogen-bond donors (Lipinski definition) is 2. The van der Waals surface area contributed by atoms with Gasteiger partial charge in [0.1, 0.15) is 15.8 Å². The molecule has 2 aromatic heterocycles. The molecule has 0 radical (unpaired) electrons. The lowest BCUT2D eigenvalue weighted by atomic mass is 10.3. The van der Waals surface area contributed by atoms with E-state index in [1.165, 1.54) is 6.33 Å². The molecular formula is C10H13IN6O. The Kier molecular flexibility index (Phi) is 3.31. The Morgan fingerprint density at radius 2 is 2.39 bits per heavy atom. The number of halogens is 1. The second-order valence-electron chi connectivity index (χ2n) is 4.13. The lowest BCUT2D eigenvalue weighted by Gasteiger charge is -2.14. The molecule has 1 saturated heterocycles. The number of nitrogens with two attached hydrogens (primary N) is 1. The summed E-state index contributed by atoms with van der Waals surface area (Å²) in [6, 6.07) is 0.132. The van der Waals surface area contributed by atoms with Gasteiger partial charge in [0.2, 0.25) is 0 Å². The number of anilines is 1. The van der Waals surface area contributed by atoms with Crippen molar-refractivity contribution in [3.8, 4) is 0 Å². The standard InChI is InChI=1S/C10H13IN6O/c11-8-7-9(12)14-5-15-10(7)17(16-8)6-3-13-1-2-18-4-6/h5-6,13H,1-4H2,(H2,12,14,15). The van der Waals surface area contributed by atoms with E-state index in [-0.39, 0.29) is 6.04 Å². The zero-order valence-electron chi connectivity index (χ0n) is 9.64. The zero-order valence-corrected chi connectivity index (χ0v) is 11.8. The van der Waals surface area contributed by atoms with Crippen LogP contribution in [0.2, 0.25) is 0 Å². The van der Waals surface area contributed by atoms with Crippen LogP contribution in [0, 0.1) is 3.70 Å². The molecule has 3 rings (SSSR count). The molecule has 0 bridgehead atoms. The van der Waals surface area contributed by atoms with E-state index in [1.54, 1.807) is 0 Å². The minimum absolute atomic E-state index is 0.132. The first-order valence-corrected chi connectivity index (χ1v) is 6.78. The summed E-state index contributed by atoms with van der Waals surface area (Å²) in [6.07, 6.45) is 1.47. The van der Waals surface area contributed by atoms with Gasteiger partial charge in [-0.2, -0.15) is 5.10 Å². The molecule has 0 amide bonds. The summed E-state index contributed by atoms with van der Waals surface area (Å²) in [5.41, 5.74) is 6.64. The summed E-state index contributed by atoms with van der Waals surface area (Å²) in [5.74, 6) is 0.471. The van der Waals surface area contributed by atoms with Crippen molar-refractivity contribution in [2.45, 2.75) is 6.04 Å². The molecule has 8 heteroatoms. The molecule has 2 aromatic rings. The lowest BCUT2D eigenvalue weighted by molar-refractivity contribution is 0.123. The maximum atomic E-state index is 5.87. The summed E-state index contributed by atoms with van der Waals surface area (Å²) in [6.45, 7) is 3.04. The molecule has 1 fully saturated rings. The molecule has 18 heavy (non-hydrogen) atoms. The quantitative estimate of drug-likeness (QED) is 0.705. The van der Waals surface area contributed by atoms with Gasteiger partial charge >= 0.3 is 0 Å². The first-order valence-electron chi connectivity index (χ1n) is 5.70. The highest BCUT2D eigenvalue weighted by Gasteiger charge is 2.21. The van der Waals surface area contributed by atoms with Crippen LogP contribution in [0.25, 0.3) is 11.0 Å². The molecule has 0 aliphatic carbocycles. The SMILES string of the molecule is Nc1ncnc2c1c(I)nn2C1CNCCOC1. The van der Waals surface area contributed by atoms with Crippen LogP contribution in [0.1, 0.15) is 6.04 Å². The smallest absolute Gasteiger partial charge is 0.164 e. The molecule has 3 heterocycles. The number of nitrogens with one attached hydrogen (secondary N) is 1. The van der Waals surface area contributed by atoms with Gasteiger partial charge in [-0.3, -0.25) is 0 Å². The first kappa shape index (κ1) is 12.1. The Balaban J connectivity index is 2.08. The van der Waals surface area contributed by atoms with Gasteiger partial charge in [0.15, 0.2) is 5.65 Å². The molecule has 1 atom stereocenters. The van der Waals surface area contributed by atoms with Gasteiger partial charge in [-0.05, 0) is 22.6 Å². The van der Waals surface area contributed by atoms with Crippen LogP contribution in [0.4, 0.5) is 5.82 Å². The highest BCUT2D eigenvalue weighted by atomic mass is 127. The predicted octanol–water partition coefficient (Wildman–Crippen LogP) is 0.174. The minimum atomic E-state index is 0.132. The Labute approximate surface area is 117 Å². The van der Waals surface area contributed by atoms with Crippen molar-refractivity contribution < 1.29 is 4.74 Å². The normalized spacial score (nSPS) is 21.1. The van der Waals surface area contributed by atoms with E-state index in [0.717, 1.165) is 34.4 Å². The van der Waals surface area contributed by atoms with Crippen molar-refractivity contribution in [2.24, 2.45) is 0 Å². The van der Waals surface area contributed by atoms with Gasteiger partial charge in [0, 0.05) is 13.1 Å². The van der Waals surface area contributed by atoms with Crippen LogP contribution in [-0.4, -0.2) is 46.1 Å². The third-order valence-electron chi connectivity index (χ3n) is 2.93. The van der Waals surface area contributed by atoms with E-state index in [0.29, 0.717) is 12.4 Å². The maximum Gasteiger partial charge on any atom is 0.164 e. The van der Waals surface area contributed by atoms with Gasteiger partial charge < -0.3 is 15.8 Å². The Morgan fingerprint density at radius 3 is 3.28 bits per heavy atom. The van der Waals surface area contributed by atoms with Crippen LogP contribution in [0.15, 0.2) is 6.33 Å². The van der Waals surface area contributed by atoms with E-state index < -0.39 is 0 Å². The van der Waals surface area contributed by atoms with Crippen molar-refractivity contribution in [3.05, 3.63) is 10.0 Å². The molecule has 7 nitrogen and oxygen atoms in total. The molecule has 1 unspecified atom stereocenters. The highest BCUT2D eigenvalue weighted by molar-refractivity contribution is 14.1. The topological polar surface area (TPSA) is 90.9 Å². The molecule has 1 aliphatic rings. The molecular weight excluding hydrogens is 347 g/mol. The van der Waals surface area contributed by atoms with E-state index in [1.807, 2.05) is 4.68 Å². The number of rotatable bonds is 1. The largest absolute Gasteiger partial charge is 0.383 e. The van der Waals surface area contributed by atoms with Gasteiger partial charge in [-0.15, -0.1) is 0 Å². The van der Waals surface area contributed by atoms with Crippen LogP contribution >= 0.6 is 22.6 Å². The predicted molar refractivity (Wildman–Crippen MR) is 75.2 cm³/mol. The van der Waals surface area contributed by atoms with Crippen molar-refractivity contribution >= 4 is 39.4 Å². The fourth-order valence-corrected chi connectivity index (χ4v) is 2.81. The van der Waals surface area contributed by atoms with E-state index in [2.05, 4.69) is 43.0 Å². The zero-order chi connectivity index (χ0) is 12.5. The third kappa shape index (κ3) is 2.04.